The van der Waals surface area contributed by atoms with Gasteiger partial charge in [0.2, 0.25) is 0 Å². The van der Waals surface area contributed by atoms with Crippen LogP contribution in [0.5, 0.6) is 0 Å². The lowest BCUT2D eigenvalue weighted by Crippen LogP contribution is -2.33. The number of carbonyl (C=O) groups excluding carboxylic acids is 1. The first-order chi connectivity index (χ1) is 8.02. The van der Waals surface area contributed by atoms with Crippen molar-refractivity contribution >= 4 is 29.1 Å². The number of amides is 1. The van der Waals surface area contributed by atoms with Gasteiger partial charge in [0, 0.05) is 26.7 Å². The van der Waals surface area contributed by atoms with Crippen LogP contribution in [-0.2, 0) is 7.05 Å². The molecule has 6 heteroatoms. The summed E-state index contributed by atoms with van der Waals surface area (Å²) in [5.41, 5.74) is 0.458. The summed E-state index contributed by atoms with van der Waals surface area (Å²) in [6.45, 7) is 3.06. The molecular weight excluding hydrogens is 263 g/mol. The number of hydrogen-bond donors (Lipinski definition) is 1. The minimum absolute atomic E-state index is 0.0679. The van der Waals surface area contributed by atoms with Crippen molar-refractivity contribution in [3.05, 3.63) is 21.9 Å². The maximum atomic E-state index is 12.2. The van der Waals surface area contributed by atoms with Crippen LogP contribution >= 0.6 is 23.2 Å². The van der Waals surface area contributed by atoms with Gasteiger partial charge in [-0.3, -0.25) is 4.79 Å². The van der Waals surface area contributed by atoms with E-state index in [-0.39, 0.29) is 12.5 Å². The van der Waals surface area contributed by atoms with Gasteiger partial charge in [-0.2, -0.15) is 0 Å². The Morgan fingerprint density at radius 1 is 1.53 bits per heavy atom. The van der Waals surface area contributed by atoms with E-state index in [0.717, 1.165) is 0 Å². The minimum Gasteiger partial charge on any atom is -0.396 e. The van der Waals surface area contributed by atoms with E-state index in [2.05, 4.69) is 0 Å². The Morgan fingerprint density at radius 3 is 2.59 bits per heavy atom. The van der Waals surface area contributed by atoms with Gasteiger partial charge < -0.3 is 14.6 Å². The fraction of sp³-hybridized carbons (Fsp3) is 0.545. The Bertz CT molecular complexity index is 404. The molecule has 0 atom stereocenters. The van der Waals surface area contributed by atoms with Gasteiger partial charge in [-0.15, -0.1) is 0 Å². The summed E-state index contributed by atoms with van der Waals surface area (Å²) < 4.78 is 1.56. The molecular formula is C11H16Cl2N2O2. The zero-order valence-electron chi connectivity index (χ0n) is 9.91. The number of hydrogen-bond acceptors (Lipinski definition) is 2. The van der Waals surface area contributed by atoms with E-state index in [9.17, 15) is 4.79 Å². The molecule has 0 aliphatic heterocycles. The molecule has 1 amide bonds. The lowest BCUT2D eigenvalue weighted by Gasteiger charge is -2.20. The quantitative estimate of drug-likeness (QED) is 0.897. The second kappa shape index (κ2) is 6.28. The molecule has 0 bridgehead atoms. The molecule has 0 aliphatic rings. The standard InChI is InChI=1S/C11H16Cl2N2O2/c1-3-15(5-4-6-16)11(17)9-7-8(12)10(13)14(9)2/h7,16H,3-6H2,1-2H3. The SMILES string of the molecule is CCN(CCCO)C(=O)c1cc(Cl)c(Cl)n1C. The molecule has 1 heterocycles. The predicted octanol–water partition coefficient (Wildman–Crippen LogP) is 2.18. The highest BCUT2D eigenvalue weighted by Gasteiger charge is 2.20. The highest BCUT2D eigenvalue weighted by Crippen LogP contribution is 2.25. The van der Waals surface area contributed by atoms with Crippen molar-refractivity contribution in [2.24, 2.45) is 7.05 Å². The fourth-order valence-corrected chi connectivity index (χ4v) is 1.95. The van der Waals surface area contributed by atoms with Gasteiger partial charge in [0.15, 0.2) is 0 Å². The van der Waals surface area contributed by atoms with Gasteiger partial charge in [0.25, 0.3) is 5.91 Å². The van der Waals surface area contributed by atoms with Gasteiger partial charge >= 0.3 is 0 Å². The monoisotopic (exact) mass is 278 g/mol. The van der Waals surface area contributed by atoms with Crippen LogP contribution in [-0.4, -0.2) is 40.2 Å². The number of rotatable bonds is 5. The predicted molar refractivity (Wildman–Crippen MR) is 68.7 cm³/mol. The molecule has 96 valence electrons. The maximum Gasteiger partial charge on any atom is 0.270 e. The average molecular weight is 279 g/mol. The smallest absolute Gasteiger partial charge is 0.270 e. The molecule has 0 saturated heterocycles. The molecule has 0 fully saturated rings. The molecule has 1 N–H and O–H groups in total. The first-order valence-corrected chi connectivity index (χ1v) is 6.19. The molecule has 0 radical (unpaired) electrons. The van der Waals surface area contributed by atoms with E-state index < -0.39 is 0 Å². The van der Waals surface area contributed by atoms with Gasteiger partial charge in [-0.05, 0) is 19.4 Å². The summed E-state index contributed by atoms with van der Waals surface area (Å²) >= 11 is 11.8. The third-order valence-corrected chi connectivity index (χ3v) is 3.43. The van der Waals surface area contributed by atoms with Crippen LogP contribution in [0, 0.1) is 0 Å². The normalized spacial score (nSPS) is 10.6. The summed E-state index contributed by atoms with van der Waals surface area (Å²) in [5.74, 6) is -0.128. The van der Waals surface area contributed by atoms with Crippen molar-refractivity contribution in [3.63, 3.8) is 0 Å². The Morgan fingerprint density at radius 2 is 2.18 bits per heavy atom. The van der Waals surface area contributed by atoms with Crippen LogP contribution in [0.2, 0.25) is 10.2 Å². The lowest BCUT2D eigenvalue weighted by atomic mass is 10.3. The highest BCUT2D eigenvalue weighted by molar-refractivity contribution is 6.41. The molecule has 0 aromatic carbocycles. The summed E-state index contributed by atoms with van der Waals surface area (Å²) in [6.07, 6.45) is 0.561. The van der Waals surface area contributed by atoms with Gasteiger partial charge in [-0.1, -0.05) is 23.2 Å². The molecule has 1 aromatic rings. The third-order valence-electron chi connectivity index (χ3n) is 2.59. The van der Waals surface area contributed by atoms with Gasteiger partial charge in [0.1, 0.15) is 10.8 Å². The molecule has 1 rings (SSSR count). The summed E-state index contributed by atoms with van der Waals surface area (Å²) in [7, 11) is 1.70. The zero-order valence-corrected chi connectivity index (χ0v) is 11.4. The van der Waals surface area contributed by atoms with E-state index in [4.69, 9.17) is 28.3 Å². The Kier molecular flexibility index (Phi) is 5.31. The van der Waals surface area contributed by atoms with Crippen LogP contribution in [0.4, 0.5) is 0 Å². The van der Waals surface area contributed by atoms with Crippen LogP contribution in [0.25, 0.3) is 0 Å². The second-order valence-corrected chi connectivity index (χ2v) is 4.45. The molecule has 0 saturated carbocycles. The number of aromatic nitrogens is 1. The molecule has 0 unspecified atom stereocenters. The summed E-state index contributed by atoms with van der Waals surface area (Å²) in [5, 5.41) is 9.51. The van der Waals surface area contributed by atoms with Gasteiger partial charge in [0.05, 0.1) is 5.02 Å². The van der Waals surface area contributed by atoms with E-state index in [0.29, 0.717) is 35.4 Å². The van der Waals surface area contributed by atoms with Crippen molar-refractivity contribution in [2.75, 3.05) is 19.7 Å². The van der Waals surface area contributed by atoms with E-state index >= 15 is 0 Å². The largest absolute Gasteiger partial charge is 0.396 e. The minimum atomic E-state index is -0.128. The maximum absolute atomic E-state index is 12.2. The molecule has 1 aromatic heterocycles. The van der Waals surface area contributed by atoms with Crippen LogP contribution < -0.4 is 0 Å². The summed E-state index contributed by atoms with van der Waals surface area (Å²) in [6, 6.07) is 1.56. The van der Waals surface area contributed by atoms with Crippen molar-refractivity contribution < 1.29 is 9.90 Å². The van der Waals surface area contributed by atoms with Crippen LogP contribution in [0.1, 0.15) is 23.8 Å². The average Bonchev–Trinajstić information content (AvgIpc) is 2.57. The molecule has 4 nitrogen and oxygen atoms in total. The Labute approximate surface area is 111 Å². The van der Waals surface area contributed by atoms with E-state index in [1.807, 2.05) is 6.92 Å². The lowest BCUT2D eigenvalue weighted by molar-refractivity contribution is 0.0745. The Hall–Kier alpha value is -0.710. The Balaban J connectivity index is 2.90. The van der Waals surface area contributed by atoms with E-state index in [1.54, 1.807) is 22.6 Å². The van der Waals surface area contributed by atoms with Gasteiger partial charge in [-0.25, -0.2) is 0 Å². The second-order valence-electron chi connectivity index (χ2n) is 3.69. The fourth-order valence-electron chi connectivity index (χ4n) is 1.57. The topological polar surface area (TPSA) is 45.5 Å². The number of carbonyl (C=O) groups is 1. The number of aliphatic hydroxyl groups is 1. The first kappa shape index (κ1) is 14.4. The van der Waals surface area contributed by atoms with Crippen LogP contribution in [0.15, 0.2) is 6.07 Å². The number of halogens is 2. The molecule has 0 spiro atoms. The molecule has 0 aliphatic carbocycles. The van der Waals surface area contributed by atoms with Crippen LogP contribution in [0.3, 0.4) is 0 Å². The summed E-state index contributed by atoms with van der Waals surface area (Å²) in [4.78, 5) is 13.8. The van der Waals surface area contributed by atoms with Crippen molar-refractivity contribution in [1.29, 1.82) is 0 Å². The first-order valence-electron chi connectivity index (χ1n) is 5.43. The van der Waals surface area contributed by atoms with Crippen molar-refractivity contribution in [2.45, 2.75) is 13.3 Å². The number of nitrogens with zero attached hydrogens (tertiary/aromatic N) is 2. The third kappa shape index (κ3) is 3.15. The zero-order chi connectivity index (χ0) is 13.0. The highest BCUT2D eigenvalue weighted by atomic mass is 35.5. The van der Waals surface area contributed by atoms with Crippen molar-refractivity contribution in [3.8, 4) is 0 Å². The molecule has 17 heavy (non-hydrogen) atoms. The number of aliphatic hydroxyl groups excluding tert-OH is 1. The van der Waals surface area contributed by atoms with E-state index in [1.165, 1.54) is 0 Å². The van der Waals surface area contributed by atoms with Crippen molar-refractivity contribution in [1.82, 2.24) is 9.47 Å².